The molecule has 3 heterocycles. The summed E-state index contributed by atoms with van der Waals surface area (Å²) in [6, 6.07) is 0.773. The van der Waals surface area contributed by atoms with Crippen LogP contribution in [0.3, 0.4) is 0 Å². The van der Waals surface area contributed by atoms with E-state index in [1.54, 1.807) is 0 Å². The van der Waals surface area contributed by atoms with Gasteiger partial charge in [-0.15, -0.1) is 0 Å². The third kappa shape index (κ3) is 4.92. The highest BCUT2D eigenvalue weighted by Crippen LogP contribution is 2.41. The maximum Gasteiger partial charge on any atom is 0.374 e. The molecule has 4 aliphatic rings. The van der Waals surface area contributed by atoms with Crippen LogP contribution in [0.2, 0.25) is 0 Å². The summed E-state index contributed by atoms with van der Waals surface area (Å²) in [5, 5.41) is 13.5. The van der Waals surface area contributed by atoms with Crippen molar-refractivity contribution >= 4 is 28.9 Å². The van der Waals surface area contributed by atoms with Crippen molar-refractivity contribution in [2.45, 2.75) is 116 Å². The van der Waals surface area contributed by atoms with Gasteiger partial charge in [-0.25, -0.2) is 14.8 Å². The Morgan fingerprint density at radius 2 is 1.73 bits per heavy atom. The Kier molecular flexibility index (Phi) is 7.01. The molecule has 0 bridgehead atoms. The molecule has 1 aliphatic heterocycles. The van der Waals surface area contributed by atoms with Gasteiger partial charge in [-0.1, -0.05) is 39.0 Å². The zero-order valence-electron chi connectivity index (χ0n) is 22.7. The van der Waals surface area contributed by atoms with E-state index in [2.05, 4.69) is 38.6 Å². The summed E-state index contributed by atoms with van der Waals surface area (Å²) in [6.45, 7) is 6.51. The number of fused-ring (bicyclic) bond motifs is 2. The molecule has 202 valence electrons. The molecule has 3 atom stereocenters. The van der Waals surface area contributed by atoms with Crippen molar-refractivity contribution in [3.05, 3.63) is 5.82 Å². The second-order valence-electron chi connectivity index (χ2n) is 12.6. The Morgan fingerprint density at radius 3 is 2.46 bits per heavy atom. The first-order valence-electron chi connectivity index (χ1n) is 15.0. The highest BCUT2D eigenvalue weighted by Gasteiger charge is 2.37. The van der Waals surface area contributed by atoms with E-state index >= 15 is 0 Å². The summed E-state index contributed by atoms with van der Waals surface area (Å²) in [5.41, 5.74) is 1.44. The molecule has 0 spiro atoms. The van der Waals surface area contributed by atoms with E-state index in [9.17, 15) is 9.90 Å². The molecule has 0 radical (unpaired) electrons. The number of hydrogen-bond donors (Lipinski definition) is 2. The summed E-state index contributed by atoms with van der Waals surface area (Å²) in [7, 11) is 0. The van der Waals surface area contributed by atoms with Gasteiger partial charge in [0.2, 0.25) is 11.8 Å². The second-order valence-corrected chi connectivity index (χ2v) is 12.6. The number of rotatable bonds is 7. The molecular formula is C29H44N6O2. The highest BCUT2D eigenvalue weighted by molar-refractivity contribution is 5.91. The molecule has 4 fully saturated rings. The van der Waals surface area contributed by atoms with Crippen LogP contribution < -0.4 is 10.2 Å². The molecule has 2 unspecified atom stereocenters. The first-order chi connectivity index (χ1) is 18.0. The Hall–Kier alpha value is -2.38. The van der Waals surface area contributed by atoms with Crippen LogP contribution in [-0.2, 0) is 6.54 Å². The standard InChI is InChI=1S/C29H44N6O2/c1-18-12-14-20(15-13-18)17-35-24-25(30-19(2)21-8-5-9-21)31-27(28(36)37)32-26(24)33-29(35)34-16-6-10-22-7-3-4-11-23(22)34/h18-23H,3-17H2,1-2H3,(H,36,37)(H,30,31,32)/t18?,19-,20?,22?,23?/m1/s1. The number of nitrogens with zero attached hydrogens (tertiary/aromatic N) is 5. The van der Waals surface area contributed by atoms with Gasteiger partial charge in [-0.05, 0) is 82.0 Å². The van der Waals surface area contributed by atoms with E-state index in [1.165, 1.54) is 83.5 Å². The van der Waals surface area contributed by atoms with E-state index in [0.29, 0.717) is 29.3 Å². The molecule has 0 amide bonds. The summed E-state index contributed by atoms with van der Waals surface area (Å²) >= 11 is 0. The molecule has 3 aliphatic carbocycles. The SMILES string of the molecule is CC1CCC(Cn2c(N3CCCC4CCCCC43)nc3nc(C(=O)O)nc(N[C@H](C)C4CCC4)c32)CC1. The van der Waals surface area contributed by atoms with Crippen LogP contribution in [0.4, 0.5) is 11.8 Å². The molecule has 2 N–H and O–H groups in total. The minimum atomic E-state index is -1.09. The Bertz CT molecular complexity index is 1120. The normalized spacial score (nSPS) is 29.5. The molecule has 1 saturated heterocycles. The van der Waals surface area contributed by atoms with Gasteiger partial charge in [0.25, 0.3) is 0 Å². The quantitative estimate of drug-likeness (QED) is 0.466. The number of carboxylic acids is 1. The van der Waals surface area contributed by atoms with Crippen LogP contribution >= 0.6 is 0 Å². The second kappa shape index (κ2) is 10.4. The first-order valence-corrected chi connectivity index (χ1v) is 15.0. The lowest BCUT2D eigenvalue weighted by atomic mass is 9.78. The molecule has 0 aromatic carbocycles. The van der Waals surface area contributed by atoms with Gasteiger partial charge in [0.05, 0.1) is 0 Å². The smallest absolute Gasteiger partial charge is 0.374 e. The third-order valence-electron chi connectivity index (χ3n) is 10.1. The first kappa shape index (κ1) is 24.9. The zero-order chi connectivity index (χ0) is 25.5. The minimum absolute atomic E-state index is 0.160. The van der Waals surface area contributed by atoms with Gasteiger partial charge < -0.3 is 19.9 Å². The molecule has 3 saturated carbocycles. The van der Waals surface area contributed by atoms with Crippen LogP contribution in [0.25, 0.3) is 11.2 Å². The van der Waals surface area contributed by atoms with Crippen molar-refractivity contribution < 1.29 is 9.90 Å². The van der Waals surface area contributed by atoms with Crippen LogP contribution in [0.15, 0.2) is 0 Å². The van der Waals surface area contributed by atoms with Crippen molar-refractivity contribution in [2.75, 3.05) is 16.8 Å². The van der Waals surface area contributed by atoms with Crippen LogP contribution in [-0.4, -0.2) is 49.2 Å². The Balaban J connectivity index is 1.45. The van der Waals surface area contributed by atoms with Gasteiger partial charge in [-0.2, -0.15) is 4.98 Å². The molecule has 37 heavy (non-hydrogen) atoms. The molecular weight excluding hydrogens is 464 g/mol. The van der Waals surface area contributed by atoms with E-state index in [-0.39, 0.29) is 11.9 Å². The fraction of sp³-hybridized carbons (Fsp3) is 0.793. The van der Waals surface area contributed by atoms with E-state index in [1.807, 2.05) is 0 Å². The van der Waals surface area contributed by atoms with Crippen molar-refractivity contribution in [3.8, 4) is 0 Å². The zero-order valence-corrected chi connectivity index (χ0v) is 22.7. The number of anilines is 2. The van der Waals surface area contributed by atoms with Crippen LogP contribution in [0.1, 0.15) is 108 Å². The maximum atomic E-state index is 12.0. The predicted molar refractivity (Wildman–Crippen MR) is 146 cm³/mol. The molecule has 2 aromatic heterocycles. The van der Waals surface area contributed by atoms with Crippen LogP contribution in [0, 0.1) is 23.7 Å². The van der Waals surface area contributed by atoms with Crippen molar-refractivity contribution in [1.29, 1.82) is 0 Å². The van der Waals surface area contributed by atoms with Gasteiger partial charge in [-0.3, -0.25) is 0 Å². The van der Waals surface area contributed by atoms with Crippen LogP contribution in [0.5, 0.6) is 0 Å². The largest absolute Gasteiger partial charge is 0.475 e. The van der Waals surface area contributed by atoms with E-state index < -0.39 is 5.97 Å². The average molecular weight is 509 g/mol. The number of imidazole rings is 1. The van der Waals surface area contributed by atoms with Crippen molar-refractivity contribution in [1.82, 2.24) is 19.5 Å². The maximum absolute atomic E-state index is 12.0. The molecule has 6 rings (SSSR count). The molecule has 8 nitrogen and oxygen atoms in total. The fourth-order valence-electron chi connectivity index (χ4n) is 7.53. The summed E-state index contributed by atoms with van der Waals surface area (Å²) in [6.07, 6.45) is 16.4. The number of piperidine rings is 1. The number of nitrogens with one attached hydrogen (secondary N) is 1. The van der Waals surface area contributed by atoms with Gasteiger partial charge >= 0.3 is 5.97 Å². The number of carbonyl (C=O) groups is 1. The van der Waals surface area contributed by atoms with Crippen molar-refractivity contribution in [3.63, 3.8) is 0 Å². The highest BCUT2D eigenvalue weighted by atomic mass is 16.4. The topological polar surface area (TPSA) is 96.2 Å². The minimum Gasteiger partial charge on any atom is -0.475 e. The summed E-state index contributed by atoms with van der Waals surface area (Å²) in [5.74, 6) is 3.17. The fourth-order valence-corrected chi connectivity index (χ4v) is 7.53. The number of aromatic nitrogens is 4. The summed E-state index contributed by atoms with van der Waals surface area (Å²) < 4.78 is 2.40. The molecule has 8 heteroatoms. The lowest BCUT2D eigenvalue weighted by molar-refractivity contribution is 0.0684. The Labute approximate surface area is 220 Å². The third-order valence-corrected chi connectivity index (χ3v) is 10.1. The number of aromatic carboxylic acids is 1. The van der Waals surface area contributed by atoms with E-state index in [0.717, 1.165) is 36.4 Å². The number of hydrogen-bond acceptors (Lipinski definition) is 6. The monoisotopic (exact) mass is 508 g/mol. The average Bonchev–Trinajstić information content (AvgIpc) is 3.22. The lowest BCUT2D eigenvalue weighted by Crippen LogP contribution is -2.48. The van der Waals surface area contributed by atoms with Gasteiger partial charge in [0.15, 0.2) is 11.5 Å². The predicted octanol–water partition coefficient (Wildman–Crippen LogP) is 6.11. The lowest BCUT2D eigenvalue weighted by Gasteiger charge is -2.45. The molecule has 2 aromatic rings. The Morgan fingerprint density at radius 1 is 0.973 bits per heavy atom. The number of carboxylic acid groups (broad SMARTS) is 1. The van der Waals surface area contributed by atoms with Gasteiger partial charge in [0.1, 0.15) is 5.52 Å². The van der Waals surface area contributed by atoms with E-state index in [4.69, 9.17) is 4.98 Å². The van der Waals surface area contributed by atoms with Crippen molar-refractivity contribution in [2.24, 2.45) is 23.7 Å². The van der Waals surface area contributed by atoms with Gasteiger partial charge in [0, 0.05) is 25.2 Å². The summed E-state index contributed by atoms with van der Waals surface area (Å²) in [4.78, 5) is 28.8.